The summed E-state index contributed by atoms with van der Waals surface area (Å²) in [5.74, 6) is 1.00. The van der Waals surface area contributed by atoms with Gasteiger partial charge in [-0.05, 0) is 42.2 Å². The highest BCUT2D eigenvalue weighted by atomic mass is 79.9. The molecule has 0 aliphatic carbocycles. The van der Waals surface area contributed by atoms with Gasteiger partial charge in [0, 0.05) is 11.9 Å². The first-order valence-electron chi connectivity index (χ1n) is 9.12. The smallest absolute Gasteiger partial charge is 0.416 e. The second kappa shape index (κ2) is 11.1. The summed E-state index contributed by atoms with van der Waals surface area (Å²) in [5.41, 5.74) is 0.720. The van der Waals surface area contributed by atoms with Gasteiger partial charge in [0.05, 0.1) is 25.7 Å². The Kier molecular flexibility index (Phi) is 8.82. The van der Waals surface area contributed by atoms with E-state index >= 15 is 0 Å². The molecule has 1 amide bonds. The van der Waals surface area contributed by atoms with Crippen LogP contribution in [0.15, 0.2) is 42.5 Å². The minimum absolute atomic E-state index is 0.162. The van der Waals surface area contributed by atoms with Gasteiger partial charge in [-0.3, -0.25) is 4.79 Å². The van der Waals surface area contributed by atoms with Crippen molar-refractivity contribution in [3.8, 4) is 11.5 Å². The number of hydrogen-bond donors (Lipinski definition) is 1. The van der Waals surface area contributed by atoms with Gasteiger partial charge < -0.3 is 14.8 Å². The molecule has 2 rings (SSSR count). The van der Waals surface area contributed by atoms with Crippen LogP contribution >= 0.6 is 15.9 Å². The van der Waals surface area contributed by atoms with Crippen molar-refractivity contribution in [3.63, 3.8) is 0 Å². The Morgan fingerprint density at radius 1 is 1.10 bits per heavy atom. The Bertz CT molecular complexity index is 812. The van der Waals surface area contributed by atoms with Gasteiger partial charge in [0.15, 0.2) is 11.5 Å². The van der Waals surface area contributed by atoms with Crippen molar-refractivity contribution in [2.24, 2.45) is 0 Å². The first kappa shape index (κ1) is 23.1. The molecule has 0 bridgehead atoms. The predicted molar refractivity (Wildman–Crippen MR) is 109 cm³/mol. The van der Waals surface area contributed by atoms with Crippen molar-refractivity contribution in [1.82, 2.24) is 5.32 Å². The van der Waals surface area contributed by atoms with Crippen molar-refractivity contribution >= 4 is 21.8 Å². The zero-order chi connectivity index (χ0) is 21.3. The number of benzene rings is 2. The zero-order valence-electron chi connectivity index (χ0n) is 16.0. The molecule has 0 atom stereocenters. The SMILES string of the molecule is COc1cc(CC(=O)NCCCc2cccc(C(F)(F)F)c2)ccc1OCCBr. The summed E-state index contributed by atoms with van der Waals surface area (Å²) in [7, 11) is 1.54. The van der Waals surface area contributed by atoms with Crippen LogP contribution in [0, 0.1) is 0 Å². The number of ether oxygens (including phenoxy) is 2. The van der Waals surface area contributed by atoms with E-state index in [0.29, 0.717) is 48.4 Å². The van der Waals surface area contributed by atoms with Gasteiger partial charge in [0.2, 0.25) is 5.91 Å². The van der Waals surface area contributed by atoms with Crippen molar-refractivity contribution in [2.75, 3.05) is 25.6 Å². The summed E-state index contributed by atoms with van der Waals surface area (Å²) in [4.78, 5) is 12.1. The summed E-state index contributed by atoms with van der Waals surface area (Å²) >= 11 is 3.29. The third-order valence-electron chi connectivity index (χ3n) is 4.15. The van der Waals surface area contributed by atoms with E-state index in [9.17, 15) is 18.0 Å². The van der Waals surface area contributed by atoms with E-state index in [2.05, 4.69) is 21.2 Å². The summed E-state index contributed by atoms with van der Waals surface area (Å²) in [6, 6.07) is 10.6. The topological polar surface area (TPSA) is 47.6 Å². The van der Waals surface area contributed by atoms with Crippen LogP contribution < -0.4 is 14.8 Å². The van der Waals surface area contributed by atoms with Gasteiger partial charge in [-0.1, -0.05) is 40.2 Å². The van der Waals surface area contributed by atoms with Crippen LogP contribution in [-0.2, 0) is 23.8 Å². The highest BCUT2D eigenvalue weighted by molar-refractivity contribution is 9.09. The second-order valence-corrected chi connectivity index (χ2v) is 7.14. The summed E-state index contributed by atoms with van der Waals surface area (Å²) in [6.45, 7) is 0.890. The number of hydrogen-bond acceptors (Lipinski definition) is 3. The molecule has 0 aliphatic heterocycles. The lowest BCUT2D eigenvalue weighted by Crippen LogP contribution is -2.26. The van der Waals surface area contributed by atoms with Crippen molar-refractivity contribution in [2.45, 2.75) is 25.4 Å². The van der Waals surface area contributed by atoms with Crippen molar-refractivity contribution in [3.05, 3.63) is 59.2 Å². The molecular formula is C21H23BrF3NO3. The first-order valence-corrected chi connectivity index (χ1v) is 10.2. The Balaban J connectivity index is 1.80. The van der Waals surface area contributed by atoms with Crippen LogP contribution in [-0.4, -0.2) is 31.5 Å². The van der Waals surface area contributed by atoms with Crippen LogP contribution in [0.1, 0.15) is 23.1 Å². The number of rotatable bonds is 10. The van der Waals surface area contributed by atoms with Crippen LogP contribution in [0.4, 0.5) is 13.2 Å². The van der Waals surface area contributed by atoms with E-state index in [4.69, 9.17) is 9.47 Å². The second-order valence-electron chi connectivity index (χ2n) is 6.35. The molecule has 1 N–H and O–H groups in total. The quantitative estimate of drug-likeness (QED) is 0.399. The minimum atomic E-state index is -4.35. The average molecular weight is 474 g/mol. The standard InChI is InChI=1S/C21H23BrF3NO3/c1-28-19-13-16(7-8-18(19)29-11-9-22)14-20(27)26-10-3-5-15-4-2-6-17(12-15)21(23,24)25/h2,4,6-8,12-13H,3,5,9-11,14H2,1H3,(H,26,27). The Morgan fingerprint density at radius 3 is 2.59 bits per heavy atom. The summed E-state index contributed by atoms with van der Waals surface area (Å²) < 4.78 is 49.0. The lowest BCUT2D eigenvalue weighted by Gasteiger charge is -2.12. The van der Waals surface area contributed by atoms with E-state index < -0.39 is 11.7 Å². The molecule has 0 unspecified atom stereocenters. The molecule has 4 nitrogen and oxygen atoms in total. The van der Waals surface area contributed by atoms with E-state index in [1.807, 2.05) is 0 Å². The van der Waals surface area contributed by atoms with Gasteiger partial charge >= 0.3 is 6.18 Å². The maximum Gasteiger partial charge on any atom is 0.416 e. The fourth-order valence-electron chi connectivity index (χ4n) is 2.76. The summed E-state index contributed by atoms with van der Waals surface area (Å²) in [6.07, 6.45) is -3.16. The lowest BCUT2D eigenvalue weighted by molar-refractivity contribution is -0.137. The van der Waals surface area contributed by atoms with Gasteiger partial charge in [-0.2, -0.15) is 13.2 Å². The molecule has 0 heterocycles. The maximum atomic E-state index is 12.7. The zero-order valence-corrected chi connectivity index (χ0v) is 17.6. The molecule has 2 aromatic carbocycles. The van der Waals surface area contributed by atoms with Gasteiger partial charge in [0.25, 0.3) is 0 Å². The molecule has 158 valence electrons. The van der Waals surface area contributed by atoms with Gasteiger partial charge in [-0.15, -0.1) is 0 Å². The van der Waals surface area contributed by atoms with Gasteiger partial charge in [-0.25, -0.2) is 0 Å². The van der Waals surface area contributed by atoms with Crippen LogP contribution in [0.25, 0.3) is 0 Å². The summed E-state index contributed by atoms with van der Waals surface area (Å²) in [5, 5.41) is 3.49. The molecule has 0 fully saturated rings. The predicted octanol–water partition coefficient (Wildman–Crippen LogP) is 4.78. The number of nitrogens with one attached hydrogen (secondary N) is 1. The van der Waals surface area contributed by atoms with Crippen molar-refractivity contribution in [1.29, 1.82) is 0 Å². The molecule has 0 radical (unpaired) electrons. The monoisotopic (exact) mass is 473 g/mol. The molecule has 0 aromatic heterocycles. The third kappa shape index (κ3) is 7.61. The minimum Gasteiger partial charge on any atom is -0.493 e. The third-order valence-corrected chi connectivity index (χ3v) is 4.47. The van der Waals surface area contributed by atoms with Crippen LogP contribution in [0.3, 0.4) is 0 Å². The molecule has 2 aromatic rings. The Hall–Kier alpha value is -2.22. The number of carbonyl (C=O) groups is 1. The number of amides is 1. The van der Waals surface area contributed by atoms with Crippen LogP contribution in [0.2, 0.25) is 0 Å². The lowest BCUT2D eigenvalue weighted by atomic mass is 10.1. The number of carbonyl (C=O) groups excluding carboxylic acids is 1. The Morgan fingerprint density at radius 2 is 1.90 bits per heavy atom. The molecular weight excluding hydrogens is 451 g/mol. The fourth-order valence-corrected chi connectivity index (χ4v) is 2.92. The van der Waals surface area contributed by atoms with Gasteiger partial charge in [0.1, 0.15) is 0 Å². The van der Waals surface area contributed by atoms with E-state index in [0.717, 1.165) is 17.7 Å². The largest absolute Gasteiger partial charge is 0.493 e. The number of alkyl halides is 4. The number of halogens is 4. The molecule has 8 heteroatoms. The molecule has 0 aliphatic rings. The molecule has 0 saturated carbocycles. The molecule has 0 saturated heterocycles. The van der Waals surface area contributed by atoms with Crippen molar-refractivity contribution < 1.29 is 27.4 Å². The number of aryl methyl sites for hydroxylation is 1. The normalized spacial score (nSPS) is 11.2. The van der Waals surface area contributed by atoms with E-state index in [-0.39, 0.29) is 12.3 Å². The first-order chi connectivity index (χ1) is 13.8. The Labute approximate surface area is 176 Å². The van der Waals surface area contributed by atoms with E-state index in [1.54, 1.807) is 24.3 Å². The average Bonchev–Trinajstić information content (AvgIpc) is 2.69. The highest BCUT2D eigenvalue weighted by Crippen LogP contribution is 2.30. The highest BCUT2D eigenvalue weighted by Gasteiger charge is 2.30. The van der Waals surface area contributed by atoms with E-state index in [1.165, 1.54) is 13.2 Å². The fraction of sp³-hybridized carbons (Fsp3) is 0.381. The molecule has 29 heavy (non-hydrogen) atoms. The molecule has 0 spiro atoms. The van der Waals surface area contributed by atoms with Crippen LogP contribution in [0.5, 0.6) is 11.5 Å². The maximum absolute atomic E-state index is 12.7. The number of methoxy groups -OCH3 is 1.